The molecule has 2 heterocycles. The van der Waals surface area contributed by atoms with E-state index in [9.17, 15) is 28.3 Å². The number of amides is 1. The molecule has 0 bridgehead atoms. The smallest absolute Gasteiger partial charge is 0.412 e. The number of rotatable bonds is 7. The Morgan fingerprint density at radius 3 is 2.67 bits per heavy atom. The number of nitrogens with two attached hydrogens (primary N) is 1. The number of carbonyl (C=O) groups excluding carboxylic acids is 2. The molecular formula is C17H24F2N4O7. The van der Waals surface area contributed by atoms with Crippen LogP contribution >= 0.6 is 0 Å². The Bertz CT molecular complexity index is 833. The largest absolute Gasteiger partial charge is 0.452 e. The number of halogens is 2. The Hall–Kier alpha value is -2.64. The van der Waals surface area contributed by atoms with Crippen LogP contribution in [0.15, 0.2) is 17.1 Å². The summed E-state index contributed by atoms with van der Waals surface area (Å²) in [6.07, 6.45) is -5.93. The van der Waals surface area contributed by atoms with Crippen molar-refractivity contribution in [2.75, 3.05) is 18.5 Å². The predicted octanol–water partition coefficient (Wildman–Crippen LogP) is 0.232. The van der Waals surface area contributed by atoms with Gasteiger partial charge in [0.2, 0.25) is 6.23 Å². The summed E-state index contributed by atoms with van der Waals surface area (Å²) in [7, 11) is 0. The summed E-state index contributed by atoms with van der Waals surface area (Å²) in [4.78, 5) is 39.2. The van der Waals surface area contributed by atoms with Gasteiger partial charge in [0.05, 0.1) is 13.2 Å². The fraction of sp³-hybridized carbons (Fsp3) is 0.647. The summed E-state index contributed by atoms with van der Waals surface area (Å²) in [5.41, 5.74) is 4.46. The first-order chi connectivity index (χ1) is 14.0. The second-order valence-corrected chi connectivity index (χ2v) is 6.86. The van der Waals surface area contributed by atoms with Gasteiger partial charge in [-0.15, -0.1) is 0 Å². The standard InChI is InChI=1S/C17H24F2N4O7/c1-4-28-16(27)22-10-5-6-23(15(26)21-10)14-17(18,19)12(9(7-24)29-14)30-13(25)11(20)8(2)3/h5-6,8-9,11-12,14,24H,4,7,20H2,1-3H3,(H,21,22,26,27)/t9-,11+,12-,14-/m1/s1. The quantitative estimate of drug-likeness (QED) is 0.512. The van der Waals surface area contributed by atoms with Gasteiger partial charge in [0.25, 0.3) is 0 Å². The molecule has 13 heteroatoms. The van der Waals surface area contributed by atoms with Gasteiger partial charge in [-0.05, 0) is 18.9 Å². The van der Waals surface area contributed by atoms with Crippen molar-refractivity contribution >= 4 is 17.9 Å². The van der Waals surface area contributed by atoms with Crippen LogP contribution in [-0.4, -0.2) is 64.1 Å². The van der Waals surface area contributed by atoms with Crippen molar-refractivity contribution in [2.24, 2.45) is 11.7 Å². The van der Waals surface area contributed by atoms with Crippen LogP contribution < -0.4 is 16.7 Å². The number of aromatic nitrogens is 2. The Morgan fingerprint density at radius 2 is 2.13 bits per heavy atom. The van der Waals surface area contributed by atoms with E-state index >= 15 is 0 Å². The van der Waals surface area contributed by atoms with Crippen molar-refractivity contribution in [3.05, 3.63) is 22.7 Å². The Kier molecular flexibility index (Phi) is 7.44. The van der Waals surface area contributed by atoms with Gasteiger partial charge in [-0.25, -0.2) is 9.59 Å². The summed E-state index contributed by atoms with van der Waals surface area (Å²) in [6, 6.07) is -0.0727. The molecule has 1 saturated heterocycles. The SMILES string of the molecule is CCOC(=O)Nc1ccn([C@@H]2O[C@H](CO)[C@@H](OC(=O)[C@@H](N)C(C)C)C2(F)F)c(=O)n1. The van der Waals surface area contributed by atoms with Crippen LogP contribution in [0, 0.1) is 5.92 Å². The van der Waals surface area contributed by atoms with Crippen LogP contribution in [0.4, 0.5) is 19.4 Å². The number of ether oxygens (including phenoxy) is 3. The number of nitrogens with zero attached hydrogens (tertiary/aromatic N) is 2. The number of hydrogen-bond acceptors (Lipinski definition) is 9. The topological polar surface area (TPSA) is 155 Å². The Balaban J connectivity index is 2.27. The molecule has 0 aliphatic carbocycles. The van der Waals surface area contributed by atoms with E-state index in [1.165, 1.54) is 0 Å². The maximum atomic E-state index is 15.0. The third-order valence-electron chi connectivity index (χ3n) is 4.35. The Labute approximate surface area is 170 Å². The van der Waals surface area contributed by atoms with E-state index in [1.807, 2.05) is 0 Å². The molecule has 1 amide bonds. The van der Waals surface area contributed by atoms with E-state index in [0.29, 0.717) is 4.57 Å². The van der Waals surface area contributed by atoms with Crippen molar-refractivity contribution in [3.8, 4) is 0 Å². The molecule has 11 nitrogen and oxygen atoms in total. The van der Waals surface area contributed by atoms with E-state index in [4.69, 9.17) is 15.2 Å². The second-order valence-electron chi connectivity index (χ2n) is 6.86. The Morgan fingerprint density at radius 1 is 1.47 bits per heavy atom. The molecule has 1 aliphatic heterocycles. The fourth-order valence-electron chi connectivity index (χ4n) is 2.67. The molecule has 2 rings (SSSR count). The van der Waals surface area contributed by atoms with Crippen LogP contribution in [0.5, 0.6) is 0 Å². The predicted molar refractivity (Wildman–Crippen MR) is 97.8 cm³/mol. The molecule has 0 unspecified atom stereocenters. The molecule has 0 saturated carbocycles. The van der Waals surface area contributed by atoms with Crippen molar-refractivity contribution in [2.45, 2.75) is 51.2 Å². The number of alkyl halides is 2. The monoisotopic (exact) mass is 434 g/mol. The number of nitrogens with one attached hydrogen (secondary N) is 1. The zero-order valence-electron chi connectivity index (χ0n) is 16.6. The minimum atomic E-state index is -3.89. The summed E-state index contributed by atoms with van der Waals surface area (Å²) < 4.78 is 45.0. The number of hydrogen-bond donors (Lipinski definition) is 3. The van der Waals surface area contributed by atoms with E-state index in [1.54, 1.807) is 20.8 Å². The number of anilines is 1. The lowest BCUT2D eigenvalue weighted by Crippen LogP contribution is -2.48. The molecule has 1 fully saturated rings. The van der Waals surface area contributed by atoms with Gasteiger partial charge in [0, 0.05) is 6.20 Å². The van der Waals surface area contributed by atoms with E-state index < -0.39 is 54.8 Å². The van der Waals surface area contributed by atoms with Crippen molar-refractivity contribution < 1.29 is 37.7 Å². The zero-order chi connectivity index (χ0) is 22.6. The summed E-state index contributed by atoms with van der Waals surface area (Å²) in [5.74, 6) is -5.57. The van der Waals surface area contributed by atoms with E-state index in [0.717, 1.165) is 12.3 Å². The highest BCUT2D eigenvalue weighted by Gasteiger charge is 2.62. The third-order valence-corrected chi connectivity index (χ3v) is 4.35. The molecule has 1 aromatic heterocycles. The molecule has 0 radical (unpaired) electrons. The first-order valence-electron chi connectivity index (χ1n) is 9.16. The van der Waals surface area contributed by atoms with Crippen LogP contribution in [0.2, 0.25) is 0 Å². The van der Waals surface area contributed by atoms with Crippen molar-refractivity contribution in [3.63, 3.8) is 0 Å². The summed E-state index contributed by atoms with van der Waals surface area (Å²) in [5, 5.41) is 11.6. The molecule has 0 aromatic carbocycles. The molecule has 4 atom stereocenters. The maximum Gasteiger partial charge on any atom is 0.412 e. The fourth-order valence-corrected chi connectivity index (χ4v) is 2.67. The highest BCUT2D eigenvalue weighted by atomic mass is 19.3. The number of esters is 1. The zero-order valence-corrected chi connectivity index (χ0v) is 16.6. The maximum absolute atomic E-state index is 15.0. The van der Waals surface area contributed by atoms with Gasteiger partial charge in [0.15, 0.2) is 6.10 Å². The van der Waals surface area contributed by atoms with Gasteiger partial charge in [-0.1, -0.05) is 13.8 Å². The van der Waals surface area contributed by atoms with Crippen molar-refractivity contribution in [1.82, 2.24) is 9.55 Å². The average molecular weight is 434 g/mol. The molecular weight excluding hydrogens is 410 g/mol. The number of aliphatic hydroxyl groups excluding tert-OH is 1. The lowest BCUT2D eigenvalue weighted by atomic mass is 10.1. The first-order valence-corrected chi connectivity index (χ1v) is 9.16. The lowest BCUT2D eigenvalue weighted by molar-refractivity contribution is -0.178. The second kappa shape index (κ2) is 9.45. The minimum Gasteiger partial charge on any atom is -0.452 e. The highest BCUT2D eigenvalue weighted by Crippen LogP contribution is 2.44. The van der Waals surface area contributed by atoms with Gasteiger partial charge >= 0.3 is 23.7 Å². The molecule has 1 aromatic rings. The van der Waals surface area contributed by atoms with Crippen molar-refractivity contribution in [1.29, 1.82) is 0 Å². The van der Waals surface area contributed by atoms with Crippen LogP contribution in [0.25, 0.3) is 0 Å². The van der Waals surface area contributed by atoms with Gasteiger partial charge in [0.1, 0.15) is 18.0 Å². The third kappa shape index (κ3) is 4.91. The molecule has 0 spiro atoms. The van der Waals surface area contributed by atoms with Crippen LogP contribution in [0.1, 0.15) is 27.0 Å². The number of aliphatic hydroxyl groups is 1. The normalized spacial score (nSPS) is 23.8. The lowest BCUT2D eigenvalue weighted by Gasteiger charge is -2.25. The van der Waals surface area contributed by atoms with E-state index in [-0.39, 0.29) is 18.3 Å². The first kappa shape index (κ1) is 23.6. The summed E-state index contributed by atoms with van der Waals surface area (Å²) in [6.45, 7) is 3.97. The number of carbonyl (C=O) groups is 2. The molecule has 168 valence electrons. The minimum absolute atomic E-state index is 0.0775. The highest BCUT2D eigenvalue weighted by molar-refractivity contribution is 5.83. The molecule has 1 aliphatic rings. The van der Waals surface area contributed by atoms with Gasteiger partial charge in [-0.3, -0.25) is 14.7 Å². The van der Waals surface area contributed by atoms with Gasteiger partial charge < -0.3 is 25.1 Å². The molecule has 4 N–H and O–H groups in total. The summed E-state index contributed by atoms with van der Waals surface area (Å²) >= 11 is 0. The van der Waals surface area contributed by atoms with Gasteiger partial charge in [-0.2, -0.15) is 13.8 Å². The van der Waals surface area contributed by atoms with Crippen LogP contribution in [-0.2, 0) is 19.0 Å². The van der Waals surface area contributed by atoms with E-state index in [2.05, 4.69) is 15.0 Å². The van der Waals surface area contributed by atoms with Crippen LogP contribution in [0.3, 0.4) is 0 Å². The average Bonchev–Trinajstić information content (AvgIpc) is 2.91. The molecule has 30 heavy (non-hydrogen) atoms.